The van der Waals surface area contributed by atoms with Gasteiger partial charge in [-0.15, -0.1) is 0 Å². The summed E-state index contributed by atoms with van der Waals surface area (Å²) in [5.41, 5.74) is 0.966. The number of nitrogens with one attached hydrogen (secondary N) is 1. The maximum atomic E-state index is 12.7. The minimum Gasteiger partial charge on any atom is -0.497 e. The van der Waals surface area contributed by atoms with Crippen molar-refractivity contribution >= 4 is 23.5 Å². The van der Waals surface area contributed by atoms with Crippen LogP contribution in [0.25, 0.3) is 0 Å². The van der Waals surface area contributed by atoms with Crippen LogP contribution in [-0.2, 0) is 14.3 Å². The van der Waals surface area contributed by atoms with Crippen LogP contribution >= 0.6 is 0 Å². The monoisotopic (exact) mass is 409 g/mol. The smallest absolute Gasteiger partial charge is 0.326 e. The highest BCUT2D eigenvalue weighted by Gasteiger charge is 2.25. The molecule has 2 aromatic rings. The third-order valence-corrected chi connectivity index (χ3v) is 4.18. The molecule has 0 unspecified atom stereocenters. The van der Waals surface area contributed by atoms with Crippen molar-refractivity contribution in [2.24, 2.45) is 0 Å². The maximum absolute atomic E-state index is 12.7. The second-order valence-corrected chi connectivity index (χ2v) is 6.28. The number of methoxy groups -OCH3 is 1. The van der Waals surface area contributed by atoms with Gasteiger partial charge in [-0.25, -0.2) is 0 Å². The van der Waals surface area contributed by atoms with Crippen molar-refractivity contribution in [1.82, 2.24) is 5.32 Å². The molecule has 30 heavy (non-hydrogen) atoms. The molecule has 2 rings (SSSR count). The fraction of sp³-hybridized carbons (Fsp3) is 0.273. The van der Waals surface area contributed by atoms with Crippen molar-refractivity contribution in [3.63, 3.8) is 0 Å². The summed E-state index contributed by atoms with van der Waals surface area (Å²) in [7, 11) is 1.52. The molecule has 0 saturated carbocycles. The number of nitriles is 1. The van der Waals surface area contributed by atoms with Gasteiger partial charge in [0.1, 0.15) is 12.3 Å². The molecule has 1 atom stereocenters. The molecular weight excluding hydrogens is 386 g/mol. The lowest BCUT2D eigenvalue weighted by atomic mass is 10.2. The molecule has 0 fully saturated rings. The Kier molecular flexibility index (Phi) is 8.39. The summed E-state index contributed by atoms with van der Waals surface area (Å²) in [6.07, 6.45) is -0.937. The Morgan fingerprint density at radius 2 is 1.77 bits per heavy atom. The predicted octanol–water partition coefficient (Wildman–Crippen LogP) is 2.30. The van der Waals surface area contributed by atoms with Gasteiger partial charge >= 0.3 is 5.97 Å². The van der Waals surface area contributed by atoms with E-state index in [9.17, 15) is 14.4 Å². The van der Waals surface area contributed by atoms with E-state index in [1.54, 1.807) is 48.5 Å². The fourth-order valence-electron chi connectivity index (χ4n) is 2.64. The van der Waals surface area contributed by atoms with Gasteiger partial charge in [-0.3, -0.25) is 14.4 Å². The molecule has 0 spiro atoms. The van der Waals surface area contributed by atoms with Crippen LogP contribution in [0.4, 0.5) is 5.69 Å². The quantitative estimate of drug-likeness (QED) is 0.637. The van der Waals surface area contributed by atoms with E-state index in [0.717, 1.165) is 0 Å². The average Bonchev–Trinajstić information content (AvgIpc) is 2.78. The first-order chi connectivity index (χ1) is 14.5. The van der Waals surface area contributed by atoms with E-state index in [-0.39, 0.29) is 19.5 Å². The molecule has 0 heterocycles. The number of amides is 2. The predicted molar refractivity (Wildman–Crippen MR) is 110 cm³/mol. The first-order valence-corrected chi connectivity index (χ1v) is 9.31. The van der Waals surface area contributed by atoms with Crippen molar-refractivity contribution in [2.45, 2.75) is 19.4 Å². The van der Waals surface area contributed by atoms with E-state index < -0.39 is 23.9 Å². The van der Waals surface area contributed by atoms with Crippen LogP contribution in [0.2, 0.25) is 0 Å². The van der Waals surface area contributed by atoms with Gasteiger partial charge in [0.15, 0.2) is 6.10 Å². The molecule has 0 bridgehead atoms. The molecule has 0 saturated heterocycles. The number of anilines is 1. The Morgan fingerprint density at radius 3 is 2.37 bits per heavy atom. The van der Waals surface area contributed by atoms with Gasteiger partial charge in [0.2, 0.25) is 0 Å². The summed E-state index contributed by atoms with van der Waals surface area (Å²) in [4.78, 5) is 38.3. The lowest BCUT2D eigenvalue weighted by Gasteiger charge is -2.25. The van der Waals surface area contributed by atoms with Crippen molar-refractivity contribution in [1.29, 1.82) is 5.26 Å². The molecule has 0 aromatic heterocycles. The fourth-order valence-corrected chi connectivity index (χ4v) is 2.64. The maximum Gasteiger partial charge on any atom is 0.326 e. The summed E-state index contributed by atoms with van der Waals surface area (Å²) in [6, 6.07) is 17.2. The van der Waals surface area contributed by atoms with E-state index in [1.165, 1.54) is 18.9 Å². The van der Waals surface area contributed by atoms with Gasteiger partial charge < -0.3 is 19.7 Å². The third-order valence-electron chi connectivity index (χ3n) is 4.18. The van der Waals surface area contributed by atoms with Crippen LogP contribution < -0.4 is 15.0 Å². The zero-order valence-corrected chi connectivity index (χ0v) is 16.8. The summed E-state index contributed by atoms with van der Waals surface area (Å²) in [5, 5.41) is 11.3. The molecule has 0 aliphatic rings. The highest BCUT2D eigenvalue weighted by atomic mass is 16.5. The van der Waals surface area contributed by atoms with Gasteiger partial charge in [-0.2, -0.15) is 5.26 Å². The zero-order chi connectivity index (χ0) is 21.9. The van der Waals surface area contributed by atoms with E-state index in [2.05, 4.69) is 5.32 Å². The molecule has 0 radical (unpaired) electrons. The second kappa shape index (κ2) is 11.2. The molecule has 156 valence electrons. The highest BCUT2D eigenvalue weighted by Crippen LogP contribution is 2.16. The van der Waals surface area contributed by atoms with E-state index >= 15 is 0 Å². The largest absolute Gasteiger partial charge is 0.497 e. The lowest BCUT2D eigenvalue weighted by molar-refractivity contribution is -0.152. The molecule has 2 amide bonds. The summed E-state index contributed by atoms with van der Waals surface area (Å²) < 4.78 is 10.2. The lowest BCUT2D eigenvalue weighted by Crippen LogP contribution is -2.42. The number of hydrogen-bond donors (Lipinski definition) is 1. The number of ether oxygens (including phenoxy) is 2. The number of hydrogen-bond acceptors (Lipinski definition) is 6. The Morgan fingerprint density at radius 1 is 1.10 bits per heavy atom. The van der Waals surface area contributed by atoms with Gasteiger partial charge in [-0.1, -0.05) is 18.2 Å². The van der Waals surface area contributed by atoms with Crippen molar-refractivity contribution in [2.75, 3.05) is 25.1 Å². The van der Waals surface area contributed by atoms with Crippen molar-refractivity contribution in [3.8, 4) is 11.8 Å². The molecule has 0 aliphatic carbocycles. The number of benzene rings is 2. The number of carbonyl (C=O) groups is 3. The number of rotatable bonds is 9. The first-order valence-electron chi connectivity index (χ1n) is 9.31. The van der Waals surface area contributed by atoms with E-state index in [4.69, 9.17) is 14.7 Å². The summed E-state index contributed by atoms with van der Waals surface area (Å²) in [5.74, 6) is -1.04. The first kappa shape index (κ1) is 22.4. The van der Waals surface area contributed by atoms with Crippen LogP contribution in [0.3, 0.4) is 0 Å². The van der Waals surface area contributed by atoms with Crippen LogP contribution in [0.1, 0.15) is 23.7 Å². The summed E-state index contributed by atoms with van der Waals surface area (Å²) in [6.45, 7) is 1.25. The SMILES string of the molecule is COc1ccc(C(=O)NCC(=O)O[C@H](C)C(=O)N(CCC#N)c2ccccc2)cc1. The molecule has 2 aromatic carbocycles. The highest BCUT2D eigenvalue weighted by molar-refractivity contribution is 5.98. The normalized spacial score (nSPS) is 11.0. The minimum absolute atomic E-state index is 0.138. The van der Waals surface area contributed by atoms with Crippen molar-refractivity contribution < 1.29 is 23.9 Å². The van der Waals surface area contributed by atoms with Crippen LogP contribution in [0.5, 0.6) is 5.75 Å². The molecule has 0 aliphatic heterocycles. The Bertz CT molecular complexity index is 907. The Labute approximate surface area is 175 Å². The van der Waals surface area contributed by atoms with Crippen molar-refractivity contribution in [3.05, 3.63) is 60.2 Å². The van der Waals surface area contributed by atoms with Gasteiger partial charge in [0, 0.05) is 17.8 Å². The van der Waals surface area contributed by atoms with E-state index in [0.29, 0.717) is 17.0 Å². The third kappa shape index (κ3) is 6.34. The zero-order valence-electron chi connectivity index (χ0n) is 16.8. The Hall–Kier alpha value is -3.86. The average molecular weight is 409 g/mol. The summed E-state index contributed by atoms with van der Waals surface area (Å²) >= 11 is 0. The second-order valence-electron chi connectivity index (χ2n) is 6.28. The van der Waals surface area contributed by atoms with Gasteiger partial charge in [-0.05, 0) is 43.3 Å². The van der Waals surface area contributed by atoms with Gasteiger partial charge in [0.05, 0.1) is 19.6 Å². The number of nitrogens with zero attached hydrogens (tertiary/aromatic N) is 2. The van der Waals surface area contributed by atoms with E-state index in [1.807, 2.05) is 12.1 Å². The molecular formula is C22H23N3O5. The topological polar surface area (TPSA) is 109 Å². The standard InChI is InChI=1S/C22H23N3O5/c1-16(22(28)25(14-6-13-23)18-7-4-3-5-8-18)30-20(26)15-24-21(27)17-9-11-19(29-2)12-10-17/h3-5,7-12,16H,6,14-15H2,1-2H3,(H,24,27)/t16-/m1/s1. The van der Waals surface area contributed by atoms with Crippen LogP contribution in [0.15, 0.2) is 54.6 Å². The van der Waals surface area contributed by atoms with Gasteiger partial charge in [0.25, 0.3) is 11.8 Å². The number of esters is 1. The number of carbonyl (C=O) groups excluding carboxylic acids is 3. The molecule has 8 nitrogen and oxygen atoms in total. The van der Waals surface area contributed by atoms with Crippen LogP contribution in [0, 0.1) is 11.3 Å². The molecule has 1 N–H and O–H groups in total. The minimum atomic E-state index is -1.07. The molecule has 8 heteroatoms. The number of para-hydroxylation sites is 1. The Balaban J connectivity index is 1.91. The van der Waals surface area contributed by atoms with Crippen LogP contribution in [-0.4, -0.2) is 44.1 Å².